The van der Waals surface area contributed by atoms with Crippen molar-refractivity contribution < 1.29 is 18.3 Å². The molecule has 1 N–H and O–H groups in total. The van der Waals surface area contributed by atoms with Crippen LogP contribution in [0, 0.1) is 11.8 Å². The standard InChI is InChI=1S/C18H24F2N2O2/c19-18(20)24-16-7-5-15(6-8-16)21-17(23)12-22-10-9-13-3-1-2-4-14(13)11-22/h5-8,13-14,18H,1-4,9-12H2,(H,21,23)/t13-,14+/m0/s1. The lowest BCUT2D eigenvalue weighted by Gasteiger charge is -2.41. The number of hydrogen-bond donors (Lipinski definition) is 1. The summed E-state index contributed by atoms with van der Waals surface area (Å²) in [7, 11) is 0. The van der Waals surface area contributed by atoms with Gasteiger partial charge in [-0.05, 0) is 55.5 Å². The minimum atomic E-state index is -2.84. The van der Waals surface area contributed by atoms with Gasteiger partial charge in [0.2, 0.25) is 5.91 Å². The number of anilines is 1. The first kappa shape index (κ1) is 17.1. The van der Waals surface area contributed by atoms with Crippen molar-refractivity contribution >= 4 is 11.6 Å². The number of carbonyl (C=O) groups excluding carboxylic acids is 1. The van der Waals surface area contributed by atoms with Crippen molar-refractivity contribution in [3.8, 4) is 5.75 Å². The van der Waals surface area contributed by atoms with Crippen molar-refractivity contribution in [3.05, 3.63) is 24.3 Å². The van der Waals surface area contributed by atoms with Gasteiger partial charge in [0.05, 0.1) is 6.54 Å². The number of piperidine rings is 1. The predicted molar refractivity (Wildman–Crippen MR) is 88.2 cm³/mol. The summed E-state index contributed by atoms with van der Waals surface area (Å²) in [6.45, 7) is -0.457. The fourth-order valence-corrected chi connectivity index (χ4v) is 3.94. The molecule has 0 bridgehead atoms. The number of nitrogens with one attached hydrogen (secondary N) is 1. The predicted octanol–water partition coefficient (Wildman–Crippen LogP) is 3.74. The Labute approximate surface area is 141 Å². The summed E-state index contributed by atoms with van der Waals surface area (Å²) in [5.74, 6) is 1.61. The van der Waals surface area contributed by atoms with E-state index < -0.39 is 6.61 Å². The fourth-order valence-electron chi connectivity index (χ4n) is 3.94. The summed E-state index contributed by atoms with van der Waals surface area (Å²) in [5, 5.41) is 2.82. The molecule has 1 saturated carbocycles. The van der Waals surface area contributed by atoms with Gasteiger partial charge in [0.15, 0.2) is 0 Å². The van der Waals surface area contributed by atoms with Crippen LogP contribution >= 0.6 is 0 Å². The lowest BCUT2D eigenvalue weighted by Crippen LogP contribution is -2.44. The highest BCUT2D eigenvalue weighted by Gasteiger charge is 2.31. The summed E-state index contributed by atoms with van der Waals surface area (Å²) in [5.41, 5.74) is 0.592. The molecular weight excluding hydrogens is 314 g/mol. The number of hydrogen-bond acceptors (Lipinski definition) is 3. The third kappa shape index (κ3) is 4.66. The molecule has 0 unspecified atom stereocenters. The summed E-state index contributed by atoms with van der Waals surface area (Å²) < 4.78 is 28.5. The van der Waals surface area contributed by atoms with Gasteiger partial charge in [-0.15, -0.1) is 0 Å². The van der Waals surface area contributed by atoms with Gasteiger partial charge in [0.1, 0.15) is 5.75 Å². The quantitative estimate of drug-likeness (QED) is 0.889. The zero-order valence-corrected chi connectivity index (χ0v) is 13.7. The van der Waals surface area contributed by atoms with Crippen molar-refractivity contribution in [2.75, 3.05) is 25.0 Å². The Balaban J connectivity index is 1.47. The highest BCUT2D eigenvalue weighted by atomic mass is 19.3. The summed E-state index contributed by atoms with van der Waals surface area (Å²) in [4.78, 5) is 14.4. The first-order valence-electron chi connectivity index (χ1n) is 8.67. The highest BCUT2D eigenvalue weighted by molar-refractivity contribution is 5.92. The van der Waals surface area contributed by atoms with Gasteiger partial charge < -0.3 is 10.1 Å². The van der Waals surface area contributed by atoms with E-state index in [-0.39, 0.29) is 11.7 Å². The van der Waals surface area contributed by atoms with Crippen LogP contribution in [-0.4, -0.2) is 37.1 Å². The fraction of sp³-hybridized carbons (Fsp3) is 0.611. The minimum absolute atomic E-state index is 0.0632. The van der Waals surface area contributed by atoms with Gasteiger partial charge in [-0.1, -0.05) is 19.3 Å². The number of benzene rings is 1. The van der Waals surface area contributed by atoms with Crippen molar-refractivity contribution in [2.24, 2.45) is 11.8 Å². The van der Waals surface area contributed by atoms with Crippen molar-refractivity contribution in [1.29, 1.82) is 0 Å². The van der Waals surface area contributed by atoms with Crippen LogP contribution < -0.4 is 10.1 Å². The van der Waals surface area contributed by atoms with Crippen molar-refractivity contribution in [1.82, 2.24) is 4.90 Å². The molecule has 1 heterocycles. The Morgan fingerprint density at radius 3 is 2.58 bits per heavy atom. The first-order valence-corrected chi connectivity index (χ1v) is 8.67. The molecule has 1 saturated heterocycles. The smallest absolute Gasteiger partial charge is 0.387 e. The number of nitrogens with zero attached hydrogens (tertiary/aromatic N) is 1. The van der Waals surface area contributed by atoms with Crippen molar-refractivity contribution in [2.45, 2.75) is 38.7 Å². The van der Waals surface area contributed by atoms with Gasteiger partial charge in [0, 0.05) is 12.2 Å². The van der Waals surface area contributed by atoms with E-state index in [4.69, 9.17) is 0 Å². The largest absolute Gasteiger partial charge is 0.435 e. The number of likely N-dealkylation sites (tertiary alicyclic amines) is 1. The molecule has 0 spiro atoms. The van der Waals surface area contributed by atoms with E-state index >= 15 is 0 Å². The van der Waals surface area contributed by atoms with Gasteiger partial charge >= 0.3 is 6.61 Å². The van der Waals surface area contributed by atoms with E-state index in [2.05, 4.69) is 15.0 Å². The topological polar surface area (TPSA) is 41.6 Å². The average Bonchev–Trinajstić information content (AvgIpc) is 2.56. The normalized spacial score (nSPS) is 24.5. The molecule has 4 nitrogen and oxygen atoms in total. The molecule has 1 aromatic carbocycles. The van der Waals surface area contributed by atoms with Crippen molar-refractivity contribution in [3.63, 3.8) is 0 Å². The van der Waals surface area contributed by atoms with E-state index in [0.29, 0.717) is 12.2 Å². The van der Waals surface area contributed by atoms with E-state index in [1.807, 2.05) is 0 Å². The summed E-state index contributed by atoms with van der Waals surface area (Å²) in [6.07, 6.45) is 6.49. The molecule has 2 aliphatic rings. The number of rotatable bonds is 5. The second kappa shape index (κ2) is 7.92. The molecule has 2 fully saturated rings. The molecule has 1 amide bonds. The third-order valence-electron chi connectivity index (χ3n) is 5.11. The Morgan fingerprint density at radius 1 is 1.17 bits per heavy atom. The Morgan fingerprint density at radius 2 is 1.88 bits per heavy atom. The first-order chi connectivity index (χ1) is 11.6. The second-order valence-corrected chi connectivity index (χ2v) is 6.78. The lowest BCUT2D eigenvalue weighted by molar-refractivity contribution is -0.118. The maximum atomic E-state index is 12.2. The molecule has 1 aliphatic heterocycles. The molecule has 1 aliphatic carbocycles. The van der Waals surface area contributed by atoms with Crippen LogP contribution in [0.1, 0.15) is 32.1 Å². The number of fused-ring (bicyclic) bond motifs is 1. The maximum Gasteiger partial charge on any atom is 0.387 e. The minimum Gasteiger partial charge on any atom is -0.435 e. The van der Waals surface area contributed by atoms with Crippen LogP contribution in [0.5, 0.6) is 5.75 Å². The van der Waals surface area contributed by atoms with E-state index in [0.717, 1.165) is 24.9 Å². The van der Waals surface area contributed by atoms with E-state index in [1.54, 1.807) is 12.1 Å². The molecule has 0 aromatic heterocycles. The number of alkyl halides is 2. The van der Waals surface area contributed by atoms with Crippen LogP contribution in [0.4, 0.5) is 14.5 Å². The molecule has 6 heteroatoms. The van der Waals surface area contributed by atoms with Gasteiger partial charge in [-0.2, -0.15) is 8.78 Å². The molecule has 0 radical (unpaired) electrons. The van der Waals surface area contributed by atoms with E-state index in [9.17, 15) is 13.6 Å². The van der Waals surface area contributed by atoms with E-state index in [1.165, 1.54) is 44.2 Å². The number of halogens is 2. The average molecular weight is 338 g/mol. The monoisotopic (exact) mass is 338 g/mol. The molecular formula is C18H24F2N2O2. The number of carbonyl (C=O) groups is 1. The molecule has 24 heavy (non-hydrogen) atoms. The lowest BCUT2D eigenvalue weighted by atomic mass is 9.75. The van der Waals surface area contributed by atoms with Crippen LogP contribution in [0.2, 0.25) is 0 Å². The van der Waals surface area contributed by atoms with Gasteiger partial charge in [-0.3, -0.25) is 9.69 Å². The Hall–Kier alpha value is -1.69. The third-order valence-corrected chi connectivity index (χ3v) is 5.11. The zero-order valence-electron chi connectivity index (χ0n) is 13.7. The SMILES string of the molecule is O=C(CN1CC[C@@H]2CCCC[C@@H]2C1)Nc1ccc(OC(F)F)cc1. The molecule has 132 valence electrons. The molecule has 2 atom stereocenters. The van der Waals surface area contributed by atoms with Crippen LogP contribution in [0.3, 0.4) is 0 Å². The Bertz CT molecular complexity index is 550. The molecule has 1 aromatic rings. The van der Waals surface area contributed by atoms with Crippen LogP contribution in [0.25, 0.3) is 0 Å². The van der Waals surface area contributed by atoms with Crippen LogP contribution in [0.15, 0.2) is 24.3 Å². The zero-order chi connectivity index (χ0) is 16.9. The van der Waals surface area contributed by atoms with Gasteiger partial charge in [0.25, 0.3) is 0 Å². The number of amides is 1. The Kier molecular flexibility index (Phi) is 5.66. The van der Waals surface area contributed by atoms with Crippen LogP contribution in [-0.2, 0) is 4.79 Å². The highest BCUT2D eigenvalue weighted by Crippen LogP contribution is 2.35. The summed E-state index contributed by atoms with van der Waals surface area (Å²) in [6, 6.07) is 6.00. The number of ether oxygens (including phenoxy) is 1. The maximum absolute atomic E-state index is 12.2. The van der Waals surface area contributed by atoms with Gasteiger partial charge in [-0.25, -0.2) is 0 Å². The summed E-state index contributed by atoms with van der Waals surface area (Å²) >= 11 is 0. The second-order valence-electron chi connectivity index (χ2n) is 6.78. The molecule has 3 rings (SSSR count).